The molecule has 2 rings (SSSR count). The number of anilines is 1. The molecule has 0 aliphatic carbocycles. The first-order valence-electron chi connectivity index (χ1n) is 7.63. The molecule has 4 nitrogen and oxygen atoms in total. The van der Waals surface area contributed by atoms with Crippen molar-refractivity contribution in [2.45, 2.75) is 25.8 Å². The van der Waals surface area contributed by atoms with Gasteiger partial charge in [0.05, 0.1) is 13.2 Å². The topological polar surface area (TPSA) is 44.7 Å². The summed E-state index contributed by atoms with van der Waals surface area (Å²) in [4.78, 5) is 2.45. The molecule has 0 bridgehead atoms. The van der Waals surface area contributed by atoms with Crippen LogP contribution in [0.3, 0.4) is 0 Å². The highest BCUT2D eigenvalue weighted by Gasteiger charge is 2.11. The number of hydrogen-bond acceptors (Lipinski definition) is 4. The molecule has 1 aromatic carbocycles. The van der Waals surface area contributed by atoms with Gasteiger partial charge in [0.25, 0.3) is 0 Å². The molecule has 2 N–H and O–H groups in total. The van der Waals surface area contributed by atoms with Crippen LogP contribution in [-0.2, 0) is 11.3 Å². The van der Waals surface area contributed by atoms with Gasteiger partial charge in [0.2, 0.25) is 0 Å². The lowest BCUT2D eigenvalue weighted by atomic mass is 10.2. The molecular formula is C16H26N2O2. The fourth-order valence-corrected chi connectivity index (χ4v) is 2.50. The highest BCUT2D eigenvalue weighted by atomic mass is 16.5. The second-order valence-electron chi connectivity index (χ2n) is 5.23. The van der Waals surface area contributed by atoms with Crippen LogP contribution in [0.2, 0.25) is 0 Å². The number of ether oxygens (including phenoxy) is 1. The maximum absolute atomic E-state index is 8.57. The SMILES string of the molecule is OCCOCCCNCc1ccc(N2CCCC2)cc1. The minimum atomic E-state index is 0.108. The van der Waals surface area contributed by atoms with Crippen molar-refractivity contribution < 1.29 is 9.84 Å². The third kappa shape index (κ3) is 5.12. The second kappa shape index (κ2) is 8.95. The third-order valence-electron chi connectivity index (χ3n) is 3.61. The summed E-state index contributed by atoms with van der Waals surface area (Å²) < 4.78 is 5.21. The number of aliphatic hydroxyl groups excluding tert-OH is 1. The number of rotatable bonds is 9. The molecule has 1 aliphatic heterocycles. The van der Waals surface area contributed by atoms with Crippen molar-refractivity contribution in [2.24, 2.45) is 0 Å². The Kier molecular flexibility index (Phi) is 6.84. The third-order valence-corrected chi connectivity index (χ3v) is 3.61. The first-order valence-corrected chi connectivity index (χ1v) is 7.63. The van der Waals surface area contributed by atoms with E-state index in [0.29, 0.717) is 13.2 Å². The minimum absolute atomic E-state index is 0.108. The molecule has 112 valence electrons. The normalized spacial score (nSPS) is 14.9. The quantitative estimate of drug-likeness (QED) is 0.676. The summed E-state index contributed by atoms with van der Waals surface area (Å²) in [5.41, 5.74) is 2.67. The van der Waals surface area contributed by atoms with Gasteiger partial charge in [-0.2, -0.15) is 0 Å². The van der Waals surface area contributed by atoms with Crippen LogP contribution in [0.15, 0.2) is 24.3 Å². The van der Waals surface area contributed by atoms with E-state index >= 15 is 0 Å². The average Bonchev–Trinajstić information content (AvgIpc) is 3.01. The monoisotopic (exact) mass is 278 g/mol. The number of nitrogens with one attached hydrogen (secondary N) is 1. The summed E-state index contributed by atoms with van der Waals surface area (Å²) in [5, 5.41) is 12.0. The molecule has 20 heavy (non-hydrogen) atoms. The van der Waals surface area contributed by atoms with Gasteiger partial charge in [-0.15, -0.1) is 0 Å². The van der Waals surface area contributed by atoms with E-state index < -0.39 is 0 Å². The van der Waals surface area contributed by atoms with Gasteiger partial charge in [-0.05, 0) is 43.5 Å². The summed E-state index contributed by atoms with van der Waals surface area (Å²) in [5.74, 6) is 0. The van der Waals surface area contributed by atoms with Gasteiger partial charge in [0.15, 0.2) is 0 Å². The lowest BCUT2D eigenvalue weighted by molar-refractivity contribution is 0.0907. The van der Waals surface area contributed by atoms with E-state index in [9.17, 15) is 0 Å². The van der Waals surface area contributed by atoms with Crippen LogP contribution in [0, 0.1) is 0 Å². The van der Waals surface area contributed by atoms with Crippen LogP contribution in [0.5, 0.6) is 0 Å². The van der Waals surface area contributed by atoms with E-state index in [1.807, 2.05) is 0 Å². The van der Waals surface area contributed by atoms with Gasteiger partial charge in [-0.1, -0.05) is 12.1 Å². The Labute approximate surface area is 121 Å². The highest BCUT2D eigenvalue weighted by Crippen LogP contribution is 2.20. The second-order valence-corrected chi connectivity index (χ2v) is 5.23. The smallest absolute Gasteiger partial charge is 0.0697 e. The number of hydrogen-bond donors (Lipinski definition) is 2. The summed E-state index contributed by atoms with van der Waals surface area (Å²) >= 11 is 0. The molecule has 4 heteroatoms. The predicted molar refractivity (Wildman–Crippen MR) is 82.1 cm³/mol. The largest absolute Gasteiger partial charge is 0.394 e. The van der Waals surface area contributed by atoms with Gasteiger partial charge in [0.1, 0.15) is 0 Å². The fourth-order valence-electron chi connectivity index (χ4n) is 2.50. The van der Waals surface area contributed by atoms with Crippen molar-refractivity contribution in [1.82, 2.24) is 5.32 Å². The highest BCUT2D eigenvalue weighted by molar-refractivity contribution is 5.48. The molecule has 0 atom stereocenters. The lowest BCUT2D eigenvalue weighted by Crippen LogP contribution is -2.18. The number of aliphatic hydroxyl groups is 1. The van der Waals surface area contributed by atoms with Crippen molar-refractivity contribution in [2.75, 3.05) is 44.4 Å². The zero-order chi connectivity index (χ0) is 14.0. The molecule has 0 amide bonds. The minimum Gasteiger partial charge on any atom is -0.394 e. The Morgan fingerprint density at radius 1 is 1.10 bits per heavy atom. The summed E-state index contributed by atoms with van der Waals surface area (Å²) in [6, 6.07) is 8.88. The van der Waals surface area contributed by atoms with Gasteiger partial charge in [-0.3, -0.25) is 0 Å². The van der Waals surface area contributed by atoms with Crippen molar-refractivity contribution in [3.63, 3.8) is 0 Å². The van der Waals surface area contributed by atoms with Crippen LogP contribution in [0.4, 0.5) is 5.69 Å². The maximum atomic E-state index is 8.57. The molecule has 1 heterocycles. The Morgan fingerprint density at radius 3 is 2.55 bits per heavy atom. The Balaban J connectivity index is 1.61. The zero-order valence-electron chi connectivity index (χ0n) is 12.2. The van der Waals surface area contributed by atoms with Crippen LogP contribution >= 0.6 is 0 Å². The van der Waals surface area contributed by atoms with E-state index in [1.165, 1.54) is 37.2 Å². The summed E-state index contributed by atoms with van der Waals surface area (Å²) in [7, 11) is 0. The summed E-state index contributed by atoms with van der Waals surface area (Å²) in [6.45, 7) is 5.51. The van der Waals surface area contributed by atoms with Crippen molar-refractivity contribution in [3.05, 3.63) is 29.8 Å². The molecular weight excluding hydrogens is 252 g/mol. The van der Waals surface area contributed by atoms with E-state index in [4.69, 9.17) is 9.84 Å². The molecule has 1 saturated heterocycles. The lowest BCUT2D eigenvalue weighted by Gasteiger charge is -2.17. The molecule has 0 unspecified atom stereocenters. The first kappa shape index (κ1) is 15.3. The predicted octanol–water partition coefficient (Wildman–Crippen LogP) is 1.78. The van der Waals surface area contributed by atoms with E-state index in [-0.39, 0.29) is 6.61 Å². The van der Waals surface area contributed by atoms with Crippen molar-refractivity contribution >= 4 is 5.69 Å². The maximum Gasteiger partial charge on any atom is 0.0697 e. The van der Waals surface area contributed by atoms with Gasteiger partial charge < -0.3 is 20.1 Å². The standard InChI is InChI=1S/C16H26N2O2/c19-11-13-20-12-3-8-17-14-15-4-6-16(7-5-15)18-9-1-2-10-18/h4-7,17,19H,1-3,8-14H2. The van der Waals surface area contributed by atoms with Gasteiger partial charge in [0, 0.05) is 31.9 Å². The van der Waals surface area contributed by atoms with E-state index in [1.54, 1.807) is 0 Å². The van der Waals surface area contributed by atoms with Crippen molar-refractivity contribution in [3.8, 4) is 0 Å². The number of nitrogens with zero attached hydrogens (tertiary/aromatic N) is 1. The molecule has 0 spiro atoms. The van der Waals surface area contributed by atoms with Crippen molar-refractivity contribution in [1.29, 1.82) is 0 Å². The summed E-state index contributed by atoms with van der Waals surface area (Å²) in [6.07, 6.45) is 3.62. The average molecular weight is 278 g/mol. The van der Waals surface area contributed by atoms with Gasteiger partial charge in [-0.25, -0.2) is 0 Å². The molecule has 1 aliphatic rings. The molecule has 1 aromatic rings. The molecule has 0 saturated carbocycles. The number of benzene rings is 1. The van der Waals surface area contributed by atoms with Crippen LogP contribution < -0.4 is 10.2 Å². The Morgan fingerprint density at radius 2 is 1.85 bits per heavy atom. The molecule has 0 aromatic heterocycles. The van der Waals surface area contributed by atoms with E-state index in [2.05, 4.69) is 34.5 Å². The molecule has 0 radical (unpaired) electrons. The van der Waals surface area contributed by atoms with Crippen LogP contribution in [0.25, 0.3) is 0 Å². The van der Waals surface area contributed by atoms with Crippen LogP contribution in [0.1, 0.15) is 24.8 Å². The Hall–Kier alpha value is -1.10. The fraction of sp³-hybridized carbons (Fsp3) is 0.625. The first-order chi connectivity index (χ1) is 9.90. The molecule has 1 fully saturated rings. The van der Waals surface area contributed by atoms with Gasteiger partial charge >= 0.3 is 0 Å². The van der Waals surface area contributed by atoms with Crippen LogP contribution in [-0.4, -0.2) is 44.6 Å². The zero-order valence-corrected chi connectivity index (χ0v) is 12.2. The van der Waals surface area contributed by atoms with E-state index in [0.717, 1.165) is 19.5 Å². The Bertz CT molecular complexity index is 361.